The summed E-state index contributed by atoms with van der Waals surface area (Å²) in [7, 11) is 0. The van der Waals surface area contributed by atoms with E-state index >= 15 is 0 Å². The van der Waals surface area contributed by atoms with Crippen LogP contribution < -0.4 is 5.32 Å². The minimum absolute atomic E-state index is 0.714. The molecule has 2 unspecified atom stereocenters. The van der Waals surface area contributed by atoms with E-state index in [2.05, 4.69) is 30.2 Å². The largest absolute Gasteiger partial charge is 0.308 e. The van der Waals surface area contributed by atoms with Gasteiger partial charge in [0.1, 0.15) is 0 Å². The van der Waals surface area contributed by atoms with Gasteiger partial charge in [-0.15, -0.1) is 0 Å². The van der Waals surface area contributed by atoms with Gasteiger partial charge in [-0.3, -0.25) is 4.98 Å². The summed E-state index contributed by atoms with van der Waals surface area (Å²) in [6.45, 7) is 5.36. The molecule has 1 aromatic rings. The molecule has 2 nitrogen and oxygen atoms in total. The molecule has 0 radical (unpaired) electrons. The second-order valence-corrected chi connectivity index (χ2v) is 4.85. The summed E-state index contributed by atoms with van der Waals surface area (Å²) in [4.78, 5) is 4.43. The molecule has 1 fully saturated rings. The maximum atomic E-state index is 4.43. The van der Waals surface area contributed by atoms with E-state index < -0.39 is 0 Å². The molecule has 2 heteroatoms. The molecule has 1 heterocycles. The Morgan fingerprint density at radius 1 is 1.44 bits per heavy atom. The summed E-state index contributed by atoms with van der Waals surface area (Å²) in [5.74, 6) is 0.879. The number of nitrogens with zero attached hydrogens (tertiary/aromatic N) is 1. The minimum atomic E-state index is 0.714. The van der Waals surface area contributed by atoms with E-state index in [1.807, 2.05) is 12.3 Å². The van der Waals surface area contributed by atoms with Crippen molar-refractivity contribution in [3.8, 4) is 0 Å². The van der Waals surface area contributed by atoms with Crippen LogP contribution >= 0.6 is 0 Å². The lowest BCUT2D eigenvalue weighted by atomic mass is 10.0. The average molecular weight is 218 g/mol. The van der Waals surface area contributed by atoms with E-state index in [0.717, 1.165) is 12.5 Å². The molecule has 0 aromatic carbocycles. The number of hydrogen-bond acceptors (Lipinski definition) is 2. The van der Waals surface area contributed by atoms with Gasteiger partial charge >= 0.3 is 0 Å². The van der Waals surface area contributed by atoms with Gasteiger partial charge in [0.15, 0.2) is 0 Å². The van der Waals surface area contributed by atoms with Gasteiger partial charge in [0.25, 0.3) is 0 Å². The third kappa shape index (κ3) is 2.62. The molecule has 2 atom stereocenters. The first-order chi connectivity index (χ1) is 7.81. The van der Waals surface area contributed by atoms with Crippen molar-refractivity contribution >= 4 is 0 Å². The maximum absolute atomic E-state index is 4.43. The van der Waals surface area contributed by atoms with Crippen molar-refractivity contribution in [3.63, 3.8) is 0 Å². The smallest absolute Gasteiger partial charge is 0.0570 e. The molecule has 1 aliphatic carbocycles. The first-order valence-electron chi connectivity index (χ1n) is 6.45. The molecule has 1 N–H and O–H groups in total. The zero-order chi connectivity index (χ0) is 11.4. The maximum Gasteiger partial charge on any atom is 0.0570 e. The van der Waals surface area contributed by atoms with Crippen LogP contribution in [0.4, 0.5) is 0 Å². The molecular formula is C14H22N2. The Balaban J connectivity index is 1.90. The van der Waals surface area contributed by atoms with Crippen LogP contribution in [0.2, 0.25) is 0 Å². The normalized spacial score (nSPS) is 24.9. The first kappa shape index (κ1) is 11.6. The Kier molecular flexibility index (Phi) is 3.94. The van der Waals surface area contributed by atoms with Crippen molar-refractivity contribution in [2.24, 2.45) is 5.92 Å². The summed E-state index contributed by atoms with van der Waals surface area (Å²) in [6.07, 6.45) is 7.31. The Morgan fingerprint density at radius 2 is 2.31 bits per heavy atom. The predicted molar refractivity (Wildman–Crippen MR) is 67.2 cm³/mol. The molecule has 0 aliphatic heterocycles. The van der Waals surface area contributed by atoms with E-state index in [4.69, 9.17) is 0 Å². The van der Waals surface area contributed by atoms with Crippen LogP contribution in [0, 0.1) is 12.8 Å². The van der Waals surface area contributed by atoms with Gasteiger partial charge in [0.2, 0.25) is 0 Å². The standard InChI is InChI=1S/C14H22N2/c1-3-12-7-4-8-13(12)16-10-14-11(2)6-5-9-15-14/h5-6,9,12-13,16H,3-4,7-8,10H2,1-2H3. The van der Waals surface area contributed by atoms with Gasteiger partial charge in [-0.05, 0) is 37.3 Å². The summed E-state index contributed by atoms with van der Waals surface area (Å²) >= 11 is 0. The lowest BCUT2D eigenvalue weighted by Crippen LogP contribution is -2.32. The predicted octanol–water partition coefficient (Wildman–Crippen LogP) is 3.06. The van der Waals surface area contributed by atoms with Crippen LogP contribution in [0.25, 0.3) is 0 Å². The van der Waals surface area contributed by atoms with E-state index in [1.165, 1.54) is 36.9 Å². The molecule has 1 aliphatic rings. The topological polar surface area (TPSA) is 24.9 Å². The molecule has 0 saturated heterocycles. The summed E-state index contributed by atoms with van der Waals surface area (Å²) in [5.41, 5.74) is 2.49. The second-order valence-electron chi connectivity index (χ2n) is 4.85. The molecule has 0 bridgehead atoms. The molecule has 1 aromatic heterocycles. The molecule has 0 spiro atoms. The monoisotopic (exact) mass is 218 g/mol. The van der Waals surface area contributed by atoms with E-state index in [9.17, 15) is 0 Å². The third-order valence-electron chi connectivity index (χ3n) is 3.83. The van der Waals surface area contributed by atoms with E-state index in [0.29, 0.717) is 6.04 Å². The quantitative estimate of drug-likeness (QED) is 0.840. The van der Waals surface area contributed by atoms with Crippen molar-refractivity contribution in [3.05, 3.63) is 29.6 Å². The average Bonchev–Trinajstić information content (AvgIpc) is 2.75. The highest BCUT2D eigenvalue weighted by molar-refractivity contribution is 5.17. The number of hydrogen-bond donors (Lipinski definition) is 1. The van der Waals surface area contributed by atoms with Gasteiger partial charge in [-0.1, -0.05) is 25.8 Å². The van der Waals surface area contributed by atoms with E-state index in [1.54, 1.807) is 0 Å². The Bertz CT molecular complexity index is 335. The summed E-state index contributed by atoms with van der Waals surface area (Å²) in [6, 6.07) is 4.85. The Morgan fingerprint density at radius 3 is 3.06 bits per heavy atom. The van der Waals surface area contributed by atoms with Gasteiger partial charge in [-0.2, -0.15) is 0 Å². The fraction of sp³-hybridized carbons (Fsp3) is 0.643. The number of rotatable bonds is 4. The zero-order valence-electron chi connectivity index (χ0n) is 10.4. The van der Waals surface area contributed by atoms with Crippen molar-refractivity contribution in [2.75, 3.05) is 0 Å². The zero-order valence-corrected chi connectivity index (χ0v) is 10.4. The van der Waals surface area contributed by atoms with Crippen molar-refractivity contribution < 1.29 is 0 Å². The first-order valence-corrected chi connectivity index (χ1v) is 6.45. The van der Waals surface area contributed by atoms with Gasteiger partial charge in [0.05, 0.1) is 5.69 Å². The third-order valence-corrected chi connectivity index (χ3v) is 3.83. The highest BCUT2D eigenvalue weighted by Crippen LogP contribution is 2.28. The van der Waals surface area contributed by atoms with Crippen LogP contribution in [0.1, 0.15) is 43.9 Å². The highest BCUT2D eigenvalue weighted by atomic mass is 14.9. The van der Waals surface area contributed by atoms with Crippen LogP contribution in [-0.2, 0) is 6.54 Å². The molecule has 16 heavy (non-hydrogen) atoms. The number of aryl methyl sites for hydroxylation is 1. The Hall–Kier alpha value is -0.890. The molecular weight excluding hydrogens is 196 g/mol. The van der Waals surface area contributed by atoms with Crippen LogP contribution in [0.15, 0.2) is 18.3 Å². The minimum Gasteiger partial charge on any atom is -0.308 e. The molecule has 1 saturated carbocycles. The summed E-state index contributed by atoms with van der Waals surface area (Å²) < 4.78 is 0. The van der Waals surface area contributed by atoms with Gasteiger partial charge in [0, 0.05) is 18.8 Å². The Labute approximate surface area is 98.5 Å². The van der Waals surface area contributed by atoms with E-state index in [-0.39, 0.29) is 0 Å². The van der Waals surface area contributed by atoms with Crippen LogP contribution in [-0.4, -0.2) is 11.0 Å². The number of pyridine rings is 1. The van der Waals surface area contributed by atoms with Crippen molar-refractivity contribution in [2.45, 2.75) is 52.1 Å². The number of aromatic nitrogens is 1. The van der Waals surface area contributed by atoms with Crippen molar-refractivity contribution in [1.29, 1.82) is 0 Å². The fourth-order valence-electron chi connectivity index (χ4n) is 2.73. The van der Waals surface area contributed by atoms with Crippen LogP contribution in [0.3, 0.4) is 0 Å². The second kappa shape index (κ2) is 5.44. The summed E-state index contributed by atoms with van der Waals surface area (Å²) in [5, 5.41) is 3.68. The van der Waals surface area contributed by atoms with Crippen LogP contribution in [0.5, 0.6) is 0 Å². The van der Waals surface area contributed by atoms with Crippen molar-refractivity contribution in [1.82, 2.24) is 10.3 Å². The lowest BCUT2D eigenvalue weighted by molar-refractivity contribution is 0.387. The molecule has 2 rings (SSSR count). The van der Waals surface area contributed by atoms with Gasteiger partial charge in [-0.25, -0.2) is 0 Å². The number of nitrogens with one attached hydrogen (secondary N) is 1. The lowest BCUT2D eigenvalue weighted by Gasteiger charge is -2.19. The SMILES string of the molecule is CCC1CCCC1NCc1ncccc1C. The van der Waals surface area contributed by atoms with Gasteiger partial charge < -0.3 is 5.32 Å². The molecule has 0 amide bonds. The fourth-order valence-corrected chi connectivity index (χ4v) is 2.73. The highest BCUT2D eigenvalue weighted by Gasteiger charge is 2.24. The molecule has 88 valence electrons.